The van der Waals surface area contributed by atoms with Crippen LogP contribution in [0.4, 0.5) is 8.78 Å². The lowest BCUT2D eigenvalue weighted by Crippen LogP contribution is -2.45. The van der Waals surface area contributed by atoms with Crippen molar-refractivity contribution in [1.82, 2.24) is 10.2 Å². The lowest BCUT2D eigenvalue weighted by molar-refractivity contribution is -0.123. The molecular weight excluding hydrogens is 298 g/mol. The molecule has 1 aromatic carbocycles. The molecule has 2 atom stereocenters. The van der Waals surface area contributed by atoms with Crippen molar-refractivity contribution in [3.05, 3.63) is 35.4 Å². The van der Waals surface area contributed by atoms with Gasteiger partial charge in [-0.25, -0.2) is 8.78 Å². The van der Waals surface area contributed by atoms with Crippen LogP contribution in [0.5, 0.6) is 0 Å². The number of carbonyl (C=O) groups is 1. The summed E-state index contributed by atoms with van der Waals surface area (Å²) in [6.07, 6.45) is 5.25. The van der Waals surface area contributed by atoms with Crippen molar-refractivity contribution in [2.24, 2.45) is 5.92 Å². The van der Waals surface area contributed by atoms with Crippen LogP contribution in [0.1, 0.15) is 43.6 Å². The van der Waals surface area contributed by atoms with E-state index in [-0.39, 0.29) is 23.8 Å². The first-order valence-electron chi connectivity index (χ1n) is 8.62. The van der Waals surface area contributed by atoms with Crippen LogP contribution < -0.4 is 5.32 Å². The average molecular weight is 320 g/mol. The Morgan fingerprint density at radius 1 is 1.13 bits per heavy atom. The Balaban J connectivity index is 1.30. The van der Waals surface area contributed by atoms with Gasteiger partial charge in [-0.15, -0.1) is 0 Å². The van der Waals surface area contributed by atoms with Crippen LogP contribution in [0, 0.1) is 17.6 Å². The summed E-state index contributed by atoms with van der Waals surface area (Å²) in [6, 6.07) is 5.23. The van der Waals surface area contributed by atoms with Crippen molar-refractivity contribution in [3.8, 4) is 0 Å². The summed E-state index contributed by atoms with van der Waals surface area (Å²) in [5.74, 6) is -2.00. The molecule has 124 valence electrons. The number of rotatable bonds is 4. The van der Waals surface area contributed by atoms with Gasteiger partial charge in [0.15, 0.2) is 11.6 Å². The lowest BCUT2D eigenvalue weighted by Gasteiger charge is -2.32. The molecule has 0 bridgehead atoms. The number of hydrogen-bond donors (Lipinski definition) is 1. The minimum Gasteiger partial charge on any atom is -0.353 e. The zero-order valence-corrected chi connectivity index (χ0v) is 13.1. The van der Waals surface area contributed by atoms with Gasteiger partial charge in [0.2, 0.25) is 5.91 Å². The molecule has 1 heterocycles. The van der Waals surface area contributed by atoms with E-state index >= 15 is 0 Å². The number of halogens is 2. The lowest BCUT2D eigenvalue weighted by atomic mass is 10.0. The molecule has 2 saturated carbocycles. The molecule has 1 aliphatic heterocycles. The van der Waals surface area contributed by atoms with E-state index in [0.29, 0.717) is 12.0 Å². The van der Waals surface area contributed by atoms with Gasteiger partial charge < -0.3 is 10.2 Å². The second-order valence-corrected chi connectivity index (χ2v) is 7.14. The summed E-state index contributed by atoms with van der Waals surface area (Å²) in [6.45, 7) is 2.12. The van der Waals surface area contributed by atoms with Crippen LogP contribution in [0.2, 0.25) is 0 Å². The number of hydrogen-bond acceptors (Lipinski definition) is 2. The highest BCUT2D eigenvalue weighted by atomic mass is 19.2. The number of piperidine rings is 1. The first-order chi connectivity index (χ1) is 11.1. The van der Waals surface area contributed by atoms with Crippen molar-refractivity contribution in [2.75, 3.05) is 13.1 Å². The van der Waals surface area contributed by atoms with Crippen molar-refractivity contribution in [1.29, 1.82) is 0 Å². The molecule has 3 nitrogen and oxygen atoms in total. The topological polar surface area (TPSA) is 32.3 Å². The number of amides is 1. The second kappa shape index (κ2) is 5.86. The van der Waals surface area contributed by atoms with Crippen molar-refractivity contribution >= 4 is 5.91 Å². The Morgan fingerprint density at radius 2 is 1.87 bits per heavy atom. The van der Waals surface area contributed by atoms with Gasteiger partial charge in [-0.1, -0.05) is 12.1 Å². The fourth-order valence-corrected chi connectivity index (χ4v) is 3.79. The first-order valence-corrected chi connectivity index (χ1v) is 8.62. The van der Waals surface area contributed by atoms with Crippen molar-refractivity contribution < 1.29 is 13.6 Å². The predicted molar refractivity (Wildman–Crippen MR) is 83.0 cm³/mol. The van der Waals surface area contributed by atoms with E-state index in [1.807, 2.05) is 0 Å². The molecule has 1 saturated heterocycles. The van der Waals surface area contributed by atoms with Crippen LogP contribution in [-0.2, 0) is 4.79 Å². The largest absolute Gasteiger partial charge is 0.353 e. The molecule has 3 fully saturated rings. The van der Waals surface area contributed by atoms with Gasteiger partial charge >= 0.3 is 0 Å². The van der Waals surface area contributed by atoms with Crippen LogP contribution in [-0.4, -0.2) is 36.0 Å². The molecule has 4 rings (SSSR count). The monoisotopic (exact) mass is 320 g/mol. The van der Waals surface area contributed by atoms with Crippen LogP contribution in [0.3, 0.4) is 0 Å². The number of likely N-dealkylation sites (tertiary alicyclic amines) is 1. The highest BCUT2D eigenvalue weighted by Gasteiger charge is 2.46. The summed E-state index contributed by atoms with van der Waals surface area (Å²) in [5.41, 5.74) is 0.341. The van der Waals surface area contributed by atoms with Crippen molar-refractivity contribution in [3.63, 3.8) is 0 Å². The van der Waals surface area contributed by atoms with Crippen LogP contribution in [0.15, 0.2) is 18.2 Å². The zero-order valence-electron chi connectivity index (χ0n) is 13.1. The first kappa shape index (κ1) is 15.1. The molecule has 23 heavy (non-hydrogen) atoms. The number of benzene rings is 1. The van der Waals surface area contributed by atoms with Gasteiger partial charge in [0.05, 0.1) is 0 Å². The van der Waals surface area contributed by atoms with E-state index in [9.17, 15) is 13.6 Å². The maximum absolute atomic E-state index is 13.8. The fourth-order valence-electron chi connectivity index (χ4n) is 3.79. The van der Waals surface area contributed by atoms with E-state index in [4.69, 9.17) is 0 Å². The molecule has 5 heteroatoms. The molecule has 2 aliphatic carbocycles. The van der Waals surface area contributed by atoms with Crippen LogP contribution >= 0.6 is 0 Å². The van der Waals surface area contributed by atoms with E-state index in [2.05, 4.69) is 10.2 Å². The standard InChI is InChI=1S/C18H22F2N2O/c19-16-3-1-2-13(17(16)20)14-10-15(14)18(23)21-11-6-8-22(9-7-11)12-4-5-12/h1-3,11-12,14-15H,4-10H2,(H,21,23)/t14-,15-/m1/s1. The fraction of sp³-hybridized carbons (Fsp3) is 0.611. The maximum Gasteiger partial charge on any atom is 0.223 e. The number of nitrogens with zero attached hydrogens (tertiary/aromatic N) is 1. The van der Waals surface area contributed by atoms with E-state index < -0.39 is 11.6 Å². The molecule has 0 unspecified atom stereocenters. The van der Waals surface area contributed by atoms with Gasteiger partial charge in [-0.05, 0) is 49.7 Å². The summed E-state index contributed by atoms with van der Waals surface area (Å²) in [5, 5.41) is 3.11. The molecule has 1 amide bonds. The third kappa shape index (κ3) is 3.11. The Bertz CT molecular complexity index is 609. The van der Waals surface area contributed by atoms with Crippen LogP contribution in [0.25, 0.3) is 0 Å². The Kier molecular flexibility index (Phi) is 3.84. The highest BCUT2D eigenvalue weighted by Crippen LogP contribution is 2.48. The third-order valence-corrected chi connectivity index (χ3v) is 5.45. The molecule has 1 N–H and O–H groups in total. The smallest absolute Gasteiger partial charge is 0.223 e. The SMILES string of the molecule is O=C(NC1CCN(C2CC2)CC1)[C@@H]1C[C@@H]1c1cccc(F)c1F. The normalized spacial score (nSPS) is 28.6. The quantitative estimate of drug-likeness (QED) is 0.925. The minimum atomic E-state index is -0.832. The minimum absolute atomic E-state index is 0.00327. The van der Waals surface area contributed by atoms with Crippen molar-refractivity contribution in [2.45, 2.75) is 50.1 Å². The summed E-state index contributed by atoms with van der Waals surface area (Å²) in [4.78, 5) is 14.9. The van der Waals surface area contributed by atoms with Gasteiger partial charge in [-0.2, -0.15) is 0 Å². The average Bonchev–Trinajstić information content (AvgIpc) is 3.44. The maximum atomic E-state index is 13.8. The Labute approximate surface area is 135 Å². The third-order valence-electron chi connectivity index (χ3n) is 5.45. The van der Waals surface area contributed by atoms with Gasteiger partial charge in [-0.3, -0.25) is 4.79 Å². The molecule has 0 spiro atoms. The summed E-state index contributed by atoms with van der Waals surface area (Å²) >= 11 is 0. The predicted octanol–water partition coefficient (Wildman–Crippen LogP) is 2.81. The van der Waals surface area contributed by atoms with E-state index in [1.54, 1.807) is 6.07 Å². The molecule has 1 aromatic rings. The number of nitrogens with one attached hydrogen (secondary N) is 1. The number of carbonyl (C=O) groups excluding carboxylic acids is 1. The molecular formula is C18H22F2N2O. The zero-order chi connectivity index (χ0) is 16.0. The molecule has 0 radical (unpaired) electrons. The van der Waals surface area contributed by atoms with E-state index in [1.165, 1.54) is 18.9 Å². The van der Waals surface area contributed by atoms with Gasteiger partial charge in [0.1, 0.15) is 0 Å². The summed E-state index contributed by atoms with van der Waals surface area (Å²) < 4.78 is 27.1. The second-order valence-electron chi connectivity index (χ2n) is 7.14. The van der Waals surface area contributed by atoms with E-state index in [0.717, 1.165) is 38.0 Å². The Hall–Kier alpha value is -1.49. The molecule has 0 aromatic heterocycles. The highest BCUT2D eigenvalue weighted by molar-refractivity contribution is 5.83. The Morgan fingerprint density at radius 3 is 2.57 bits per heavy atom. The van der Waals surface area contributed by atoms with Gasteiger partial charge in [0.25, 0.3) is 0 Å². The summed E-state index contributed by atoms with van der Waals surface area (Å²) in [7, 11) is 0. The molecule has 3 aliphatic rings. The van der Waals surface area contributed by atoms with Gasteiger partial charge in [0, 0.05) is 31.1 Å².